The minimum absolute atomic E-state index is 0.119. The van der Waals surface area contributed by atoms with Crippen molar-refractivity contribution >= 4 is 39.1 Å². The monoisotopic (exact) mass is 452 g/mol. The molecule has 0 radical (unpaired) electrons. The molecule has 30 heavy (non-hydrogen) atoms. The molecule has 11 heteroatoms. The maximum Gasteiger partial charge on any atom is 0.293 e. The van der Waals surface area contributed by atoms with Crippen molar-refractivity contribution in [3.8, 4) is 0 Å². The number of nitrogens with zero attached hydrogens (tertiary/aromatic N) is 1. The van der Waals surface area contributed by atoms with Gasteiger partial charge in [-0.05, 0) is 24.6 Å². The number of nitrogens with two attached hydrogens (primary N) is 1. The molecule has 0 heterocycles. The Bertz CT molecular complexity index is 994. The molecule has 0 aromatic heterocycles. The van der Waals surface area contributed by atoms with E-state index in [2.05, 4.69) is 34.9 Å². The Balaban J connectivity index is 1.72. The molecule has 0 saturated carbocycles. The van der Waals surface area contributed by atoms with Crippen LogP contribution in [0.5, 0.6) is 0 Å². The number of nitro groups is 1. The number of thioether (sulfide) groups is 1. The number of rotatable bonds is 11. The quantitative estimate of drug-likeness (QED) is 0.270. The fraction of sp³-hybridized carbons (Fsp3) is 0.316. The summed E-state index contributed by atoms with van der Waals surface area (Å²) in [6, 6.07) is 11.6. The van der Waals surface area contributed by atoms with Gasteiger partial charge in [-0.3, -0.25) is 14.9 Å². The second-order valence-electron chi connectivity index (χ2n) is 6.55. The lowest BCUT2D eigenvalue weighted by Gasteiger charge is -2.09. The zero-order chi connectivity index (χ0) is 22.1. The van der Waals surface area contributed by atoms with Crippen molar-refractivity contribution < 1.29 is 18.1 Å². The number of sulfonamides is 1. The standard InChI is InChI=1S/C19H24N4O5S2/c1-14-2-4-15(5-3-14)13-29-11-10-22-19(24)8-9-21-17-7-6-16(30(20,27)28)12-18(17)23(25)26/h2-7,12,21H,8-11,13H2,1H3,(H,22,24)(H2,20,27,28). The first kappa shape index (κ1) is 23.6. The van der Waals surface area contributed by atoms with Gasteiger partial charge in [-0.15, -0.1) is 0 Å². The summed E-state index contributed by atoms with van der Waals surface area (Å²) in [7, 11) is -4.04. The number of primary sulfonamides is 1. The van der Waals surface area contributed by atoms with E-state index in [4.69, 9.17) is 5.14 Å². The highest BCUT2D eigenvalue weighted by atomic mass is 32.2. The maximum absolute atomic E-state index is 11.9. The number of nitrogens with one attached hydrogen (secondary N) is 2. The lowest BCUT2D eigenvalue weighted by Crippen LogP contribution is -2.27. The largest absolute Gasteiger partial charge is 0.379 e. The van der Waals surface area contributed by atoms with Gasteiger partial charge in [-0.1, -0.05) is 29.8 Å². The topological polar surface area (TPSA) is 144 Å². The van der Waals surface area contributed by atoms with E-state index >= 15 is 0 Å². The zero-order valence-electron chi connectivity index (χ0n) is 16.5. The van der Waals surface area contributed by atoms with Crippen molar-refractivity contribution in [2.75, 3.05) is 24.2 Å². The Morgan fingerprint density at radius 2 is 1.87 bits per heavy atom. The van der Waals surface area contributed by atoms with E-state index < -0.39 is 20.6 Å². The molecule has 2 aromatic rings. The predicted molar refractivity (Wildman–Crippen MR) is 118 cm³/mol. The van der Waals surface area contributed by atoms with Gasteiger partial charge in [-0.25, -0.2) is 13.6 Å². The van der Waals surface area contributed by atoms with Gasteiger partial charge >= 0.3 is 0 Å². The summed E-state index contributed by atoms with van der Waals surface area (Å²) < 4.78 is 22.7. The van der Waals surface area contributed by atoms with E-state index in [0.29, 0.717) is 6.54 Å². The van der Waals surface area contributed by atoms with E-state index in [1.165, 1.54) is 23.3 Å². The summed E-state index contributed by atoms with van der Waals surface area (Å²) in [4.78, 5) is 22.0. The highest BCUT2D eigenvalue weighted by Gasteiger charge is 2.19. The smallest absolute Gasteiger partial charge is 0.293 e. The van der Waals surface area contributed by atoms with E-state index in [1.54, 1.807) is 11.8 Å². The third kappa shape index (κ3) is 7.65. The van der Waals surface area contributed by atoms with E-state index in [1.807, 2.05) is 6.92 Å². The average Bonchev–Trinajstić information content (AvgIpc) is 2.68. The highest BCUT2D eigenvalue weighted by Crippen LogP contribution is 2.27. The van der Waals surface area contributed by atoms with E-state index in [0.717, 1.165) is 17.6 Å². The van der Waals surface area contributed by atoms with Crippen LogP contribution in [0.25, 0.3) is 0 Å². The summed E-state index contributed by atoms with van der Waals surface area (Å²) in [6.45, 7) is 2.73. The Kier molecular flexibility index (Phi) is 8.63. The zero-order valence-corrected chi connectivity index (χ0v) is 18.1. The van der Waals surface area contributed by atoms with Crippen molar-refractivity contribution in [2.45, 2.75) is 24.0 Å². The van der Waals surface area contributed by atoms with Crippen LogP contribution in [0.2, 0.25) is 0 Å². The summed E-state index contributed by atoms with van der Waals surface area (Å²) in [5, 5.41) is 21.8. The average molecular weight is 453 g/mol. The van der Waals surface area contributed by atoms with Crippen LogP contribution in [0.1, 0.15) is 17.5 Å². The molecule has 2 rings (SSSR count). The SMILES string of the molecule is Cc1ccc(CSCCNC(=O)CCNc2ccc(S(N)(=O)=O)cc2[N+](=O)[O-])cc1. The number of nitro benzene ring substituents is 1. The normalized spacial score (nSPS) is 11.1. The highest BCUT2D eigenvalue weighted by molar-refractivity contribution is 7.98. The lowest BCUT2D eigenvalue weighted by atomic mass is 10.2. The molecule has 0 unspecified atom stereocenters. The first-order valence-corrected chi connectivity index (χ1v) is 11.8. The van der Waals surface area contributed by atoms with Gasteiger partial charge in [0.15, 0.2) is 0 Å². The molecule has 0 saturated heterocycles. The Hall–Kier alpha value is -2.63. The van der Waals surface area contributed by atoms with Crippen LogP contribution >= 0.6 is 11.8 Å². The van der Waals surface area contributed by atoms with Gasteiger partial charge in [0.1, 0.15) is 5.69 Å². The Morgan fingerprint density at radius 3 is 2.50 bits per heavy atom. The fourth-order valence-electron chi connectivity index (χ4n) is 2.53. The molecule has 1 amide bonds. The van der Waals surface area contributed by atoms with Crippen molar-refractivity contribution in [3.63, 3.8) is 0 Å². The first-order chi connectivity index (χ1) is 14.2. The third-order valence-corrected chi connectivity index (χ3v) is 6.06. The number of aryl methyl sites for hydroxylation is 1. The number of amides is 1. The fourth-order valence-corrected chi connectivity index (χ4v) is 3.88. The van der Waals surface area contributed by atoms with Gasteiger partial charge in [0.05, 0.1) is 9.82 Å². The molecule has 0 bridgehead atoms. The molecule has 0 atom stereocenters. The molecular formula is C19H24N4O5S2. The molecule has 0 fully saturated rings. The Labute approximate surface area is 179 Å². The molecule has 0 aliphatic carbocycles. The second-order valence-corrected chi connectivity index (χ2v) is 9.21. The summed E-state index contributed by atoms with van der Waals surface area (Å²) >= 11 is 1.72. The molecule has 2 aromatic carbocycles. The van der Waals surface area contributed by atoms with Crippen LogP contribution in [0.3, 0.4) is 0 Å². The summed E-state index contributed by atoms with van der Waals surface area (Å²) in [5.41, 5.74) is 2.15. The molecule has 0 aliphatic heterocycles. The predicted octanol–water partition coefficient (Wildman–Crippen LogP) is 2.40. The second kappa shape index (κ2) is 11.0. The van der Waals surface area contributed by atoms with Gasteiger partial charge in [0.2, 0.25) is 15.9 Å². The Morgan fingerprint density at radius 1 is 1.17 bits per heavy atom. The minimum Gasteiger partial charge on any atom is -0.379 e. The first-order valence-electron chi connectivity index (χ1n) is 9.12. The van der Waals surface area contributed by atoms with Gasteiger partial charge < -0.3 is 10.6 Å². The van der Waals surface area contributed by atoms with Crippen LogP contribution in [-0.4, -0.2) is 38.1 Å². The molecule has 9 nitrogen and oxygen atoms in total. The molecule has 0 aliphatic rings. The summed E-state index contributed by atoms with van der Waals surface area (Å²) in [6.07, 6.45) is 0.122. The van der Waals surface area contributed by atoms with Gasteiger partial charge in [-0.2, -0.15) is 11.8 Å². The van der Waals surface area contributed by atoms with Gasteiger partial charge in [0.25, 0.3) is 5.69 Å². The number of hydrogen-bond acceptors (Lipinski definition) is 7. The van der Waals surface area contributed by atoms with E-state index in [9.17, 15) is 23.3 Å². The molecule has 162 valence electrons. The summed E-state index contributed by atoms with van der Waals surface area (Å²) in [5.74, 6) is 1.46. The maximum atomic E-state index is 11.9. The van der Waals surface area contributed by atoms with Crippen molar-refractivity contribution in [2.24, 2.45) is 5.14 Å². The molecule has 0 spiro atoms. The minimum atomic E-state index is -4.04. The van der Waals surface area contributed by atoms with Gasteiger partial charge in [0, 0.05) is 37.1 Å². The number of anilines is 1. The molecule has 4 N–H and O–H groups in total. The number of carbonyl (C=O) groups excluding carboxylic acids is 1. The van der Waals surface area contributed by atoms with Crippen LogP contribution in [-0.2, 0) is 20.6 Å². The number of carbonyl (C=O) groups is 1. The van der Waals surface area contributed by atoms with Crippen molar-refractivity contribution in [1.29, 1.82) is 0 Å². The van der Waals surface area contributed by atoms with Crippen LogP contribution in [0.4, 0.5) is 11.4 Å². The molecular weight excluding hydrogens is 428 g/mol. The van der Waals surface area contributed by atoms with Crippen molar-refractivity contribution in [1.82, 2.24) is 5.32 Å². The number of benzene rings is 2. The van der Waals surface area contributed by atoms with Crippen LogP contribution in [0.15, 0.2) is 47.4 Å². The van der Waals surface area contributed by atoms with Crippen molar-refractivity contribution in [3.05, 3.63) is 63.7 Å². The van der Waals surface area contributed by atoms with E-state index in [-0.39, 0.29) is 29.5 Å². The third-order valence-electron chi connectivity index (χ3n) is 4.12. The van der Waals surface area contributed by atoms with Crippen LogP contribution < -0.4 is 15.8 Å². The number of hydrogen-bond donors (Lipinski definition) is 3. The van der Waals surface area contributed by atoms with Crippen LogP contribution in [0, 0.1) is 17.0 Å². The lowest BCUT2D eigenvalue weighted by molar-refractivity contribution is -0.384.